The molecule has 1 fully saturated rings. The number of rotatable bonds is 18. The third kappa shape index (κ3) is 9.67. The van der Waals surface area contributed by atoms with Gasteiger partial charge >= 0.3 is 0 Å². The van der Waals surface area contributed by atoms with Crippen molar-refractivity contribution in [2.75, 3.05) is 72.4 Å². The molecule has 4 heterocycles. The van der Waals surface area contributed by atoms with Crippen molar-refractivity contribution >= 4 is 70.0 Å². The molecule has 3 aromatic heterocycles. The summed E-state index contributed by atoms with van der Waals surface area (Å²) in [5.41, 5.74) is 1.29. The molecule has 4 amide bonds. The van der Waals surface area contributed by atoms with E-state index in [0.717, 1.165) is 31.6 Å². The van der Waals surface area contributed by atoms with Crippen LogP contribution >= 0.6 is 23.2 Å². The highest BCUT2D eigenvalue weighted by Gasteiger charge is 2.32. The Morgan fingerprint density at radius 2 is 1.23 bits per heavy atom. The zero-order valence-corrected chi connectivity index (χ0v) is 30.9. The van der Waals surface area contributed by atoms with Gasteiger partial charge in [0, 0.05) is 103 Å². The van der Waals surface area contributed by atoms with Gasteiger partial charge in [0.25, 0.3) is 23.6 Å². The average molecular weight is 758 g/mol. The molecule has 4 N–H and O–H groups in total. The minimum Gasteiger partial charge on any atom is -0.369 e. The minimum atomic E-state index is -0.610. The Morgan fingerprint density at radius 3 is 1.69 bits per heavy atom. The van der Waals surface area contributed by atoms with Crippen LogP contribution in [0.3, 0.4) is 0 Å². The van der Waals surface area contributed by atoms with Gasteiger partial charge in [-0.05, 0) is 37.1 Å². The van der Waals surface area contributed by atoms with Gasteiger partial charge in [0.15, 0.2) is 17.5 Å². The summed E-state index contributed by atoms with van der Waals surface area (Å²) in [5, 5.41) is 10.8. The number of benzene rings is 1. The number of unbranched alkanes of at least 4 members (excludes halogenated alkanes) is 1. The first-order valence-electron chi connectivity index (χ1n) is 16.6. The fourth-order valence-electron chi connectivity index (χ4n) is 5.48. The molecule has 278 valence electrons. The molecule has 1 aromatic carbocycles. The number of aromatic nitrogens is 6. The van der Waals surface area contributed by atoms with Crippen LogP contribution in [0.2, 0.25) is 0 Å². The van der Waals surface area contributed by atoms with Crippen LogP contribution in [0, 0.1) is 0 Å². The predicted octanol–water partition coefficient (Wildman–Crippen LogP) is 2.73. The molecule has 0 bridgehead atoms. The number of alkyl halides is 2. The van der Waals surface area contributed by atoms with E-state index in [1.54, 1.807) is 40.4 Å². The van der Waals surface area contributed by atoms with Crippen molar-refractivity contribution in [3.05, 3.63) is 65.9 Å². The van der Waals surface area contributed by atoms with E-state index in [-0.39, 0.29) is 47.1 Å². The lowest BCUT2D eigenvalue weighted by molar-refractivity contribution is 0.0936. The SMILES string of the molecule is COC1CN1CCCCNC(=O)c1nc(NC(=O)c2nc(NC(=O)c3nc(NC(=O)c4ccc(N(CCCl)CCCl)cc4)cn3C)cn2C)cn1C. The average Bonchev–Trinajstić information content (AvgIpc) is 3.40. The van der Waals surface area contributed by atoms with Crippen LogP contribution in [0.1, 0.15) is 55.1 Å². The molecule has 19 heteroatoms. The highest BCUT2D eigenvalue weighted by Crippen LogP contribution is 2.19. The Morgan fingerprint density at radius 1 is 0.750 bits per heavy atom. The van der Waals surface area contributed by atoms with Gasteiger partial charge in [0.2, 0.25) is 17.5 Å². The first kappa shape index (κ1) is 38.3. The molecule has 52 heavy (non-hydrogen) atoms. The molecular formula is C33H42Cl2N12O5. The number of nitrogens with one attached hydrogen (secondary N) is 4. The lowest BCUT2D eigenvalue weighted by Gasteiger charge is -2.22. The number of hydrogen-bond donors (Lipinski definition) is 4. The van der Waals surface area contributed by atoms with Crippen LogP contribution in [-0.4, -0.2) is 115 Å². The highest BCUT2D eigenvalue weighted by atomic mass is 35.5. The van der Waals surface area contributed by atoms with Crippen LogP contribution in [0.15, 0.2) is 42.9 Å². The third-order valence-corrected chi connectivity index (χ3v) is 8.60. The van der Waals surface area contributed by atoms with Gasteiger partial charge in [0.05, 0.1) is 0 Å². The number of halogens is 2. The van der Waals surface area contributed by atoms with Crippen molar-refractivity contribution in [2.45, 2.75) is 19.1 Å². The maximum Gasteiger partial charge on any atom is 0.292 e. The van der Waals surface area contributed by atoms with Crippen LogP contribution in [0.4, 0.5) is 23.1 Å². The lowest BCUT2D eigenvalue weighted by atomic mass is 10.2. The molecule has 2 unspecified atom stereocenters. The lowest BCUT2D eigenvalue weighted by Crippen LogP contribution is -2.27. The van der Waals surface area contributed by atoms with Crippen molar-refractivity contribution in [2.24, 2.45) is 21.1 Å². The van der Waals surface area contributed by atoms with E-state index >= 15 is 0 Å². The van der Waals surface area contributed by atoms with E-state index in [9.17, 15) is 19.2 Å². The number of methoxy groups -OCH3 is 1. The first-order chi connectivity index (χ1) is 25.0. The molecule has 1 aliphatic heterocycles. The quantitative estimate of drug-likeness (QED) is 0.0669. The minimum absolute atomic E-state index is 0.000177. The number of amides is 4. The Balaban J connectivity index is 1.13. The predicted molar refractivity (Wildman–Crippen MR) is 198 cm³/mol. The molecule has 4 aromatic rings. The van der Waals surface area contributed by atoms with Gasteiger partial charge in [-0.3, -0.25) is 24.1 Å². The standard InChI is InChI=1S/C33H42Cl2N12O5/c1-43-18-24(37-27(43)31(49)36-13-5-6-14-47-20-26(47)52-4)41-33(51)29-39-25(19-45(29)3)42-32(50)28-38-23(17-44(28)2)40-30(48)21-7-9-22(10-8-21)46(15-11-34)16-12-35/h7-10,17-19,26H,5-6,11-16,20H2,1-4H3,(H,36,49)(H,40,48)(H,41,51)(H,42,50). The number of aryl methyl sites for hydroxylation is 3. The van der Waals surface area contributed by atoms with E-state index in [0.29, 0.717) is 37.0 Å². The van der Waals surface area contributed by atoms with Crippen molar-refractivity contribution in [1.82, 2.24) is 38.9 Å². The smallest absolute Gasteiger partial charge is 0.292 e. The summed E-state index contributed by atoms with van der Waals surface area (Å²) in [6, 6.07) is 7.00. The monoisotopic (exact) mass is 756 g/mol. The van der Waals surface area contributed by atoms with Crippen molar-refractivity contribution in [3.63, 3.8) is 0 Å². The molecule has 0 spiro atoms. The maximum absolute atomic E-state index is 13.1. The van der Waals surface area contributed by atoms with Gasteiger partial charge in [0.1, 0.15) is 6.23 Å². The summed E-state index contributed by atoms with van der Waals surface area (Å²) in [7, 11) is 6.56. The van der Waals surface area contributed by atoms with E-state index < -0.39 is 17.7 Å². The Bertz CT molecular complexity index is 1880. The summed E-state index contributed by atoms with van der Waals surface area (Å²) in [4.78, 5) is 68.9. The fraction of sp³-hybridized carbons (Fsp3) is 0.424. The van der Waals surface area contributed by atoms with Gasteiger partial charge < -0.3 is 44.6 Å². The summed E-state index contributed by atoms with van der Waals surface area (Å²) < 4.78 is 9.67. The van der Waals surface area contributed by atoms with E-state index in [4.69, 9.17) is 27.9 Å². The number of anilines is 4. The van der Waals surface area contributed by atoms with Gasteiger partial charge in [-0.1, -0.05) is 0 Å². The Labute approximate surface area is 310 Å². The number of carbonyl (C=O) groups is 4. The maximum atomic E-state index is 13.1. The zero-order valence-electron chi connectivity index (χ0n) is 29.4. The van der Waals surface area contributed by atoms with Crippen LogP contribution in [-0.2, 0) is 25.9 Å². The molecule has 5 rings (SSSR count). The number of ether oxygens (including phenoxy) is 1. The van der Waals surface area contributed by atoms with Gasteiger partial charge in [-0.25, -0.2) is 15.0 Å². The second kappa shape index (κ2) is 17.5. The summed E-state index contributed by atoms with van der Waals surface area (Å²) in [6.45, 7) is 3.59. The third-order valence-electron chi connectivity index (χ3n) is 8.26. The van der Waals surface area contributed by atoms with Crippen LogP contribution in [0.25, 0.3) is 0 Å². The highest BCUT2D eigenvalue weighted by molar-refractivity contribution is 6.18. The summed E-state index contributed by atoms with van der Waals surface area (Å²) >= 11 is 11.8. The molecule has 1 aliphatic rings. The van der Waals surface area contributed by atoms with Crippen molar-refractivity contribution in [3.8, 4) is 0 Å². The van der Waals surface area contributed by atoms with Crippen molar-refractivity contribution < 1.29 is 23.9 Å². The second-order valence-electron chi connectivity index (χ2n) is 12.1. The molecule has 0 radical (unpaired) electrons. The van der Waals surface area contributed by atoms with Gasteiger partial charge in [-0.15, -0.1) is 23.2 Å². The van der Waals surface area contributed by atoms with Crippen LogP contribution < -0.4 is 26.2 Å². The van der Waals surface area contributed by atoms with E-state index in [2.05, 4.69) is 41.1 Å². The number of nitrogens with zero attached hydrogens (tertiary/aromatic N) is 8. The Kier molecular flexibility index (Phi) is 12.9. The van der Waals surface area contributed by atoms with Crippen molar-refractivity contribution in [1.29, 1.82) is 0 Å². The summed E-state index contributed by atoms with van der Waals surface area (Å²) in [6.07, 6.45) is 6.45. The van der Waals surface area contributed by atoms with E-state index in [1.165, 1.54) is 32.3 Å². The molecule has 2 atom stereocenters. The zero-order chi connectivity index (χ0) is 37.4. The molecular weight excluding hydrogens is 715 g/mol. The number of imidazole rings is 3. The number of carbonyl (C=O) groups excluding carboxylic acids is 4. The molecule has 0 saturated carbocycles. The van der Waals surface area contributed by atoms with Crippen LogP contribution in [0.5, 0.6) is 0 Å². The normalized spacial score (nSPS) is 14.9. The molecule has 17 nitrogen and oxygen atoms in total. The topological polar surface area (TPSA) is 185 Å². The van der Waals surface area contributed by atoms with E-state index in [1.807, 2.05) is 17.0 Å². The molecule has 0 aliphatic carbocycles. The molecule has 1 saturated heterocycles. The Hall–Kier alpha value is -4.97. The first-order valence-corrected chi connectivity index (χ1v) is 17.6. The largest absolute Gasteiger partial charge is 0.369 e. The fourth-order valence-corrected chi connectivity index (χ4v) is 5.88. The number of hydrogen-bond acceptors (Lipinski definition) is 10. The summed E-state index contributed by atoms with van der Waals surface area (Å²) in [5.74, 6) is -0.523. The second-order valence-corrected chi connectivity index (χ2v) is 12.9. The van der Waals surface area contributed by atoms with Gasteiger partial charge in [-0.2, -0.15) is 0 Å².